The third-order valence-corrected chi connectivity index (χ3v) is 4.41. The molecule has 0 spiro atoms. The quantitative estimate of drug-likeness (QED) is 0.714. The fraction of sp³-hybridized carbons (Fsp3) is 0.474. The van der Waals surface area contributed by atoms with Crippen LogP contribution in [0, 0.1) is 12.8 Å². The number of hydrogen-bond acceptors (Lipinski definition) is 4. The van der Waals surface area contributed by atoms with E-state index in [2.05, 4.69) is 24.3 Å². The van der Waals surface area contributed by atoms with Crippen LogP contribution in [-0.4, -0.2) is 41.2 Å². The molecule has 1 amide bonds. The topological polar surface area (TPSA) is 63.3 Å². The molecule has 2 aromatic rings. The number of aromatic nitrogens is 2. The Hall–Kier alpha value is -2.05. The minimum absolute atomic E-state index is 0.0264. The maximum absolute atomic E-state index is 12.2. The van der Waals surface area contributed by atoms with Gasteiger partial charge in [0.1, 0.15) is 10.9 Å². The van der Waals surface area contributed by atoms with Crippen molar-refractivity contribution in [2.75, 3.05) is 20.6 Å². The van der Waals surface area contributed by atoms with Crippen LogP contribution >= 0.6 is 11.6 Å². The van der Waals surface area contributed by atoms with Crippen molar-refractivity contribution in [2.45, 2.75) is 33.4 Å². The van der Waals surface area contributed by atoms with Gasteiger partial charge in [-0.2, -0.15) is 5.10 Å². The minimum atomic E-state index is -0.185. The predicted molar refractivity (Wildman–Crippen MR) is 104 cm³/mol. The predicted octanol–water partition coefficient (Wildman–Crippen LogP) is 3.53. The van der Waals surface area contributed by atoms with Crippen molar-refractivity contribution in [1.82, 2.24) is 20.0 Å². The molecule has 1 atom stereocenters. The molecule has 7 heteroatoms. The molecule has 0 aromatic carbocycles. The Balaban J connectivity index is 2.00. The SMILES string of the molecule is Cc1nn(CC(C)C)c(Cl)c1C=CC(=O)NCC(c1ccco1)N(C)C. The molecule has 0 saturated carbocycles. The van der Waals surface area contributed by atoms with Crippen molar-refractivity contribution in [2.24, 2.45) is 5.92 Å². The van der Waals surface area contributed by atoms with Crippen molar-refractivity contribution >= 4 is 23.6 Å². The zero-order chi connectivity index (χ0) is 19.3. The molecule has 0 bridgehead atoms. The number of rotatable bonds is 8. The van der Waals surface area contributed by atoms with E-state index in [0.717, 1.165) is 23.6 Å². The van der Waals surface area contributed by atoms with Gasteiger partial charge < -0.3 is 9.73 Å². The first kappa shape index (κ1) is 20.3. The molecule has 1 unspecified atom stereocenters. The number of hydrogen-bond donors (Lipinski definition) is 1. The van der Waals surface area contributed by atoms with E-state index in [1.54, 1.807) is 17.0 Å². The molecule has 26 heavy (non-hydrogen) atoms. The zero-order valence-electron chi connectivity index (χ0n) is 16.0. The maximum atomic E-state index is 12.2. The summed E-state index contributed by atoms with van der Waals surface area (Å²) in [6.45, 7) is 7.29. The number of nitrogens with zero attached hydrogens (tertiary/aromatic N) is 3. The van der Waals surface area contributed by atoms with Crippen molar-refractivity contribution in [3.8, 4) is 0 Å². The second-order valence-electron chi connectivity index (χ2n) is 6.94. The molecule has 0 aliphatic rings. The monoisotopic (exact) mass is 378 g/mol. The van der Waals surface area contributed by atoms with Crippen LogP contribution in [0.4, 0.5) is 0 Å². The van der Waals surface area contributed by atoms with Crippen LogP contribution in [0.5, 0.6) is 0 Å². The van der Waals surface area contributed by atoms with Gasteiger partial charge in [0.15, 0.2) is 0 Å². The number of carbonyl (C=O) groups excluding carboxylic acids is 1. The smallest absolute Gasteiger partial charge is 0.244 e. The first-order chi connectivity index (χ1) is 12.3. The highest BCUT2D eigenvalue weighted by Gasteiger charge is 2.17. The Morgan fingerprint density at radius 3 is 2.77 bits per heavy atom. The summed E-state index contributed by atoms with van der Waals surface area (Å²) in [6.07, 6.45) is 4.84. The largest absolute Gasteiger partial charge is 0.468 e. The van der Waals surface area contributed by atoms with Crippen molar-refractivity contribution in [3.05, 3.63) is 46.6 Å². The fourth-order valence-electron chi connectivity index (χ4n) is 2.66. The molecule has 0 aliphatic heterocycles. The molecule has 1 N–H and O–H groups in total. The summed E-state index contributed by atoms with van der Waals surface area (Å²) in [4.78, 5) is 14.2. The highest BCUT2D eigenvalue weighted by molar-refractivity contribution is 6.31. The first-order valence-corrected chi connectivity index (χ1v) is 9.06. The standard InChI is InChI=1S/C19H27ClN4O2/c1-13(2)12-24-19(20)15(14(3)22-24)8-9-18(25)21-11-16(23(4)5)17-7-6-10-26-17/h6-10,13,16H,11-12H2,1-5H3,(H,21,25). The van der Waals surface area contributed by atoms with Crippen LogP contribution in [-0.2, 0) is 11.3 Å². The molecule has 2 rings (SSSR count). The van der Waals surface area contributed by atoms with Crippen LogP contribution in [0.2, 0.25) is 5.15 Å². The molecule has 142 valence electrons. The van der Waals surface area contributed by atoms with Crippen LogP contribution in [0.1, 0.15) is 36.9 Å². The van der Waals surface area contributed by atoms with Crippen molar-refractivity contribution in [3.63, 3.8) is 0 Å². The highest BCUT2D eigenvalue weighted by atomic mass is 35.5. The second-order valence-corrected chi connectivity index (χ2v) is 7.30. The van der Waals surface area contributed by atoms with Gasteiger partial charge in [0, 0.05) is 24.7 Å². The summed E-state index contributed by atoms with van der Waals surface area (Å²) in [6, 6.07) is 3.72. The minimum Gasteiger partial charge on any atom is -0.468 e. The van der Waals surface area contributed by atoms with E-state index in [-0.39, 0.29) is 11.9 Å². The van der Waals surface area contributed by atoms with Gasteiger partial charge in [0.2, 0.25) is 5.91 Å². The van der Waals surface area contributed by atoms with Crippen molar-refractivity contribution in [1.29, 1.82) is 0 Å². The molecule has 6 nitrogen and oxygen atoms in total. The number of nitrogens with one attached hydrogen (secondary N) is 1. The summed E-state index contributed by atoms with van der Waals surface area (Å²) < 4.78 is 7.22. The van der Waals surface area contributed by atoms with E-state index in [1.165, 1.54) is 6.08 Å². The molecular weight excluding hydrogens is 352 g/mol. The lowest BCUT2D eigenvalue weighted by Gasteiger charge is -2.22. The van der Waals surface area contributed by atoms with E-state index in [9.17, 15) is 4.79 Å². The van der Waals surface area contributed by atoms with Gasteiger partial charge in [-0.15, -0.1) is 0 Å². The van der Waals surface area contributed by atoms with Crippen molar-refractivity contribution < 1.29 is 9.21 Å². The van der Waals surface area contributed by atoms with Crippen LogP contribution < -0.4 is 5.32 Å². The lowest BCUT2D eigenvalue weighted by Crippen LogP contribution is -2.33. The van der Waals surface area contributed by atoms with E-state index in [0.29, 0.717) is 17.6 Å². The van der Waals surface area contributed by atoms with Crippen LogP contribution in [0.25, 0.3) is 6.08 Å². The number of halogens is 1. The summed E-state index contributed by atoms with van der Waals surface area (Å²) >= 11 is 6.39. The van der Waals surface area contributed by atoms with E-state index >= 15 is 0 Å². The van der Waals surface area contributed by atoms with E-state index < -0.39 is 0 Å². The van der Waals surface area contributed by atoms with E-state index in [4.69, 9.17) is 16.0 Å². The molecule has 2 aromatic heterocycles. The van der Waals surface area contributed by atoms with Gasteiger partial charge in [-0.1, -0.05) is 25.4 Å². The molecule has 0 aliphatic carbocycles. The Morgan fingerprint density at radius 2 is 2.19 bits per heavy atom. The lowest BCUT2D eigenvalue weighted by molar-refractivity contribution is -0.116. The number of aryl methyl sites for hydroxylation is 1. The molecule has 0 fully saturated rings. The second kappa shape index (κ2) is 9.05. The lowest BCUT2D eigenvalue weighted by atomic mass is 10.2. The van der Waals surface area contributed by atoms with Gasteiger partial charge >= 0.3 is 0 Å². The van der Waals surface area contributed by atoms with Gasteiger partial charge in [-0.05, 0) is 45.1 Å². The summed E-state index contributed by atoms with van der Waals surface area (Å²) in [5.74, 6) is 1.07. The fourth-order valence-corrected chi connectivity index (χ4v) is 2.96. The van der Waals surface area contributed by atoms with Gasteiger partial charge in [-0.25, -0.2) is 0 Å². The summed E-state index contributed by atoms with van der Waals surface area (Å²) in [7, 11) is 3.89. The summed E-state index contributed by atoms with van der Waals surface area (Å²) in [5.41, 5.74) is 1.58. The first-order valence-electron chi connectivity index (χ1n) is 8.68. The molecule has 0 radical (unpaired) electrons. The Morgan fingerprint density at radius 1 is 1.46 bits per heavy atom. The van der Waals surface area contributed by atoms with Crippen LogP contribution in [0.3, 0.4) is 0 Å². The van der Waals surface area contributed by atoms with Gasteiger partial charge in [0.25, 0.3) is 0 Å². The summed E-state index contributed by atoms with van der Waals surface area (Å²) in [5, 5.41) is 7.90. The Bertz CT molecular complexity index is 748. The normalized spacial score (nSPS) is 13.1. The highest BCUT2D eigenvalue weighted by Crippen LogP contribution is 2.22. The molecule has 2 heterocycles. The molecular formula is C19H27ClN4O2. The van der Waals surface area contributed by atoms with Crippen LogP contribution in [0.15, 0.2) is 28.9 Å². The van der Waals surface area contributed by atoms with E-state index in [1.807, 2.05) is 38.1 Å². The van der Waals surface area contributed by atoms with Gasteiger partial charge in [0.05, 0.1) is 18.0 Å². The number of carbonyl (C=O) groups is 1. The Labute approximate surface area is 159 Å². The third-order valence-electron chi connectivity index (χ3n) is 4.01. The average Bonchev–Trinajstić information content (AvgIpc) is 3.15. The maximum Gasteiger partial charge on any atom is 0.244 e. The van der Waals surface area contributed by atoms with Gasteiger partial charge in [-0.3, -0.25) is 14.4 Å². The number of amides is 1. The average molecular weight is 379 g/mol. The zero-order valence-corrected chi connectivity index (χ0v) is 16.7. The Kier molecular flexibility index (Phi) is 7.06. The number of likely N-dealkylation sites (N-methyl/N-ethyl adjacent to an activating group) is 1. The third kappa shape index (κ3) is 5.22. The number of furan rings is 1. The molecule has 0 saturated heterocycles.